The van der Waals surface area contributed by atoms with Crippen LogP contribution in [0, 0.1) is 12.2 Å². The molecule has 2 atom stereocenters. The summed E-state index contributed by atoms with van der Waals surface area (Å²) < 4.78 is 2.35. The van der Waals surface area contributed by atoms with Crippen LogP contribution in [0.3, 0.4) is 0 Å². The Morgan fingerprint density at radius 1 is 0.647 bits per heavy atom. The molecule has 0 saturated heterocycles. The Balaban J connectivity index is 0.000000185. The normalized spacial score (nSPS) is 17.7. The van der Waals surface area contributed by atoms with Crippen molar-refractivity contribution in [2.45, 2.75) is 21.6 Å². The molecule has 34 heavy (non-hydrogen) atoms. The number of halogens is 2. The minimum absolute atomic E-state index is 0. The van der Waals surface area contributed by atoms with Crippen molar-refractivity contribution < 1.29 is 29.1 Å². The summed E-state index contributed by atoms with van der Waals surface area (Å²) in [5.74, 6) is 0.554. The molecule has 164 valence electrons. The molecule has 0 N–H and O–H groups in total. The number of allylic oxidation sites excluding steroid dienone is 2. The van der Waals surface area contributed by atoms with Crippen LogP contribution in [-0.2, 0) is 26.2 Å². The van der Waals surface area contributed by atoms with Crippen LogP contribution < -0.4 is 0 Å². The molecule has 2 aliphatic carbocycles. The molecule has 4 aromatic carbocycles. The minimum Gasteiger partial charge on any atom is -1.00 e. The van der Waals surface area contributed by atoms with E-state index < -0.39 is 0 Å². The standard InChI is InChI=1S/C15H8BrS.C15H10Br.Zr.2H/c16-13-7-8-14-12-6-5-11(15(12)13)9-1-3-10(17-14)4-2-9;16-14-8-4-7-12-9-10-13(15(12)14)11-5-2-1-3-6-11;;;/h1-4,6-8,11H;1-9,13H;;;/q2*-1;+4;2*-1. The van der Waals surface area contributed by atoms with Gasteiger partial charge in [0.25, 0.3) is 0 Å². The summed E-state index contributed by atoms with van der Waals surface area (Å²) in [6.07, 6.45) is 11.1. The summed E-state index contributed by atoms with van der Waals surface area (Å²) in [5, 5.41) is 0. The molecule has 0 fully saturated rings. The van der Waals surface area contributed by atoms with Gasteiger partial charge < -0.3 is 2.85 Å². The molecule has 4 heteroatoms. The van der Waals surface area contributed by atoms with Crippen molar-refractivity contribution in [1.29, 1.82) is 0 Å². The van der Waals surface area contributed by atoms with Crippen LogP contribution >= 0.6 is 43.6 Å². The fourth-order valence-electron chi connectivity index (χ4n) is 4.64. The average Bonchev–Trinajstić information content (AvgIpc) is 3.50. The molecule has 2 unspecified atom stereocenters. The van der Waals surface area contributed by atoms with Gasteiger partial charge in [0, 0.05) is 13.8 Å². The first-order chi connectivity index (χ1) is 16.2. The summed E-state index contributed by atoms with van der Waals surface area (Å²) in [5.41, 5.74) is 7.91. The van der Waals surface area contributed by atoms with E-state index in [4.69, 9.17) is 0 Å². The summed E-state index contributed by atoms with van der Waals surface area (Å²) >= 11 is 9.13. The Morgan fingerprint density at radius 3 is 2.12 bits per heavy atom. The largest absolute Gasteiger partial charge is 4.00 e. The Bertz CT molecular complexity index is 1420. The second-order valence-electron chi connectivity index (χ2n) is 8.19. The van der Waals surface area contributed by atoms with Gasteiger partial charge in [-0.15, -0.1) is 29.0 Å². The fourth-order valence-corrected chi connectivity index (χ4v) is 6.76. The second-order valence-corrected chi connectivity index (χ2v) is 11.0. The van der Waals surface area contributed by atoms with Crippen molar-refractivity contribution >= 4 is 55.8 Å². The third kappa shape index (κ3) is 4.44. The van der Waals surface area contributed by atoms with Gasteiger partial charge in [0.2, 0.25) is 0 Å². The predicted octanol–water partition coefficient (Wildman–Crippen LogP) is 9.51. The number of fused-ring (bicyclic) bond motifs is 3. The third-order valence-corrected chi connectivity index (χ3v) is 8.70. The van der Waals surface area contributed by atoms with Crippen LogP contribution in [0.1, 0.15) is 48.1 Å². The molecule has 0 spiro atoms. The summed E-state index contributed by atoms with van der Waals surface area (Å²) in [6.45, 7) is 0. The van der Waals surface area contributed by atoms with Gasteiger partial charge in [-0.25, -0.2) is 12.2 Å². The van der Waals surface area contributed by atoms with E-state index in [0.29, 0.717) is 0 Å². The number of rotatable bonds is 1. The van der Waals surface area contributed by atoms with E-state index in [-0.39, 0.29) is 40.9 Å². The number of hydrogen-bond donors (Lipinski definition) is 0. The minimum atomic E-state index is 0. The smallest absolute Gasteiger partial charge is 1.00 e. The Morgan fingerprint density at radius 2 is 1.32 bits per heavy atom. The number of hydrogen-bond acceptors (Lipinski definition) is 1. The van der Waals surface area contributed by atoms with Crippen LogP contribution in [-0.4, -0.2) is 0 Å². The zero-order chi connectivity index (χ0) is 22.4. The first-order valence-electron chi connectivity index (χ1n) is 10.8. The third-order valence-electron chi connectivity index (χ3n) is 6.23. The predicted molar refractivity (Wildman–Crippen MR) is 147 cm³/mol. The van der Waals surface area contributed by atoms with Gasteiger partial charge in [-0.3, -0.25) is 12.2 Å². The van der Waals surface area contributed by atoms with E-state index in [1.165, 1.54) is 52.1 Å². The first-order valence-corrected chi connectivity index (χ1v) is 13.2. The maximum atomic E-state index is 3.67. The molecule has 0 amide bonds. The van der Waals surface area contributed by atoms with Crippen LogP contribution in [0.25, 0.3) is 12.2 Å². The summed E-state index contributed by atoms with van der Waals surface area (Å²) in [6, 6.07) is 30.0. The fraction of sp³-hybridized carbons (Fsp3) is 0.0667. The van der Waals surface area contributed by atoms with Crippen LogP contribution in [0.5, 0.6) is 0 Å². The molecule has 6 bridgehead atoms. The molecule has 2 aliphatic heterocycles. The van der Waals surface area contributed by atoms with Gasteiger partial charge in [-0.1, -0.05) is 120 Å². The van der Waals surface area contributed by atoms with Gasteiger partial charge >= 0.3 is 26.2 Å². The quantitative estimate of drug-likeness (QED) is 0.183. The molecule has 0 radical (unpaired) electrons. The van der Waals surface area contributed by atoms with Gasteiger partial charge in [0.15, 0.2) is 0 Å². The summed E-state index contributed by atoms with van der Waals surface area (Å²) in [4.78, 5) is 2.63. The van der Waals surface area contributed by atoms with Crippen molar-refractivity contribution in [1.82, 2.24) is 0 Å². The van der Waals surface area contributed by atoms with E-state index in [1.54, 1.807) is 0 Å². The molecule has 8 rings (SSSR count). The van der Waals surface area contributed by atoms with E-state index in [2.05, 4.69) is 135 Å². The van der Waals surface area contributed by atoms with Gasteiger partial charge in [0.05, 0.1) is 0 Å². The van der Waals surface area contributed by atoms with Crippen molar-refractivity contribution in [3.05, 3.63) is 139 Å². The first kappa shape index (κ1) is 24.3. The molecular weight excluding hydrogens is 643 g/mol. The van der Waals surface area contributed by atoms with Gasteiger partial charge in [0.1, 0.15) is 0 Å². The second kappa shape index (κ2) is 10.3. The van der Waals surface area contributed by atoms with E-state index in [1.807, 2.05) is 17.8 Å². The summed E-state index contributed by atoms with van der Waals surface area (Å²) in [7, 11) is 0. The molecule has 4 aromatic rings. The molecule has 4 aliphatic rings. The maximum absolute atomic E-state index is 3.67. The topological polar surface area (TPSA) is 0 Å². The van der Waals surface area contributed by atoms with E-state index >= 15 is 0 Å². The van der Waals surface area contributed by atoms with E-state index in [9.17, 15) is 0 Å². The van der Waals surface area contributed by atoms with Crippen molar-refractivity contribution in [3.63, 3.8) is 0 Å². The molecule has 2 heterocycles. The average molecular weight is 664 g/mol. The molecule has 0 aromatic heterocycles. The van der Waals surface area contributed by atoms with Crippen molar-refractivity contribution in [2.75, 3.05) is 0 Å². The Kier molecular flexibility index (Phi) is 7.33. The number of benzene rings is 4. The van der Waals surface area contributed by atoms with Gasteiger partial charge in [-0.05, 0) is 18.2 Å². The van der Waals surface area contributed by atoms with Crippen molar-refractivity contribution in [2.24, 2.45) is 0 Å². The zero-order valence-electron chi connectivity index (χ0n) is 20.1. The van der Waals surface area contributed by atoms with Crippen LogP contribution in [0.2, 0.25) is 0 Å². The Labute approximate surface area is 243 Å². The Hall–Kier alpha value is -1.45. The van der Waals surface area contributed by atoms with Crippen LogP contribution in [0.4, 0.5) is 0 Å². The zero-order valence-corrected chi connectivity index (χ0v) is 24.5. The maximum Gasteiger partial charge on any atom is 4.00 e. The van der Waals surface area contributed by atoms with Crippen LogP contribution in [0.15, 0.2) is 104 Å². The van der Waals surface area contributed by atoms with E-state index in [0.717, 1.165) is 0 Å². The molecular formula is C30H20Br2SZr. The molecule has 0 saturated carbocycles. The SMILES string of the molecule is Brc1ccc2c3c1C([C-]=C3)c1ccc(cc1)S2.Brc1cccc2c1C(c1ccccc1)[C-]=C2.[H-].[H-].[Zr+4]. The van der Waals surface area contributed by atoms with Gasteiger partial charge in [-0.2, -0.15) is 11.1 Å². The van der Waals surface area contributed by atoms with Crippen molar-refractivity contribution in [3.8, 4) is 0 Å². The monoisotopic (exact) mass is 660 g/mol. The molecule has 0 nitrogen and oxygen atoms in total.